The number of rotatable bonds is 4. The van der Waals surface area contributed by atoms with Crippen LogP contribution in [0.15, 0.2) is 12.1 Å². The standard InChI is InChI=1S/C14H21NO/c1-10-9-14(16)11(2)8-12(10)6-7-15(3)13-4-5-13/h8-9,13,16H,4-7H2,1-3H3. The van der Waals surface area contributed by atoms with Crippen LogP contribution in [-0.2, 0) is 6.42 Å². The first-order chi connectivity index (χ1) is 7.58. The first kappa shape index (κ1) is 11.5. The highest BCUT2D eigenvalue weighted by molar-refractivity contribution is 5.40. The molecule has 0 bridgehead atoms. The molecule has 0 atom stereocenters. The van der Waals surface area contributed by atoms with Crippen molar-refractivity contribution in [1.82, 2.24) is 4.90 Å². The van der Waals surface area contributed by atoms with Crippen molar-refractivity contribution >= 4 is 0 Å². The first-order valence-corrected chi connectivity index (χ1v) is 6.07. The van der Waals surface area contributed by atoms with Crippen LogP contribution in [0.25, 0.3) is 0 Å². The van der Waals surface area contributed by atoms with E-state index in [1.165, 1.54) is 24.0 Å². The Morgan fingerprint density at radius 3 is 2.56 bits per heavy atom. The normalized spacial score (nSPS) is 15.8. The summed E-state index contributed by atoms with van der Waals surface area (Å²) in [4.78, 5) is 2.45. The minimum absolute atomic E-state index is 0.414. The van der Waals surface area contributed by atoms with E-state index in [9.17, 15) is 5.11 Å². The summed E-state index contributed by atoms with van der Waals surface area (Å²) in [6, 6.07) is 4.83. The van der Waals surface area contributed by atoms with E-state index in [2.05, 4.69) is 24.9 Å². The van der Waals surface area contributed by atoms with E-state index in [1.807, 2.05) is 13.0 Å². The lowest BCUT2D eigenvalue weighted by Gasteiger charge is -2.16. The van der Waals surface area contributed by atoms with Gasteiger partial charge in [-0.3, -0.25) is 0 Å². The quantitative estimate of drug-likeness (QED) is 0.841. The van der Waals surface area contributed by atoms with Crippen LogP contribution in [0, 0.1) is 13.8 Å². The zero-order chi connectivity index (χ0) is 11.7. The first-order valence-electron chi connectivity index (χ1n) is 6.07. The van der Waals surface area contributed by atoms with Gasteiger partial charge in [0.15, 0.2) is 0 Å². The van der Waals surface area contributed by atoms with Crippen molar-refractivity contribution in [3.63, 3.8) is 0 Å². The molecule has 0 aromatic heterocycles. The topological polar surface area (TPSA) is 23.5 Å². The molecular formula is C14H21NO. The molecule has 1 saturated carbocycles. The van der Waals surface area contributed by atoms with Gasteiger partial charge in [-0.1, -0.05) is 6.07 Å². The minimum Gasteiger partial charge on any atom is -0.508 e. The van der Waals surface area contributed by atoms with Crippen LogP contribution in [0.4, 0.5) is 0 Å². The highest BCUT2D eigenvalue weighted by Crippen LogP contribution is 2.26. The Hall–Kier alpha value is -1.02. The van der Waals surface area contributed by atoms with Gasteiger partial charge in [0.25, 0.3) is 0 Å². The molecule has 0 unspecified atom stereocenters. The van der Waals surface area contributed by atoms with E-state index in [0.29, 0.717) is 5.75 Å². The predicted octanol–water partition coefficient (Wildman–Crippen LogP) is 2.65. The molecule has 2 nitrogen and oxygen atoms in total. The summed E-state index contributed by atoms with van der Waals surface area (Å²) in [5, 5.41) is 9.59. The van der Waals surface area contributed by atoms with Crippen LogP contribution in [-0.4, -0.2) is 29.6 Å². The Labute approximate surface area is 97.9 Å². The summed E-state index contributed by atoms with van der Waals surface area (Å²) in [6.07, 6.45) is 3.81. The van der Waals surface area contributed by atoms with Gasteiger partial charge in [0.1, 0.15) is 5.75 Å². The zero-order valence-electron chi connectivity index (χ0n) is 10.5. The molecule has 0 spiro atoms. The Morgan fingerprint density at radius 2 is 1.94 bits per heavy atom. The summed E-state index contributed by atoms with van der Waals surface area (Å²) in [7, 11) is 2.21. The van der Waals surface area contributed by atoms with E-state index in [4.69, 9.17) is 0 Å². The Balaban J connectivity index is 2.00. The van der Waals surface area contributed by atoms with Crippen molar-refractivity contribution in [3.8, 4) is 5.75 Å². The lowest BCUT2D eigenvalue weighted by molar-refractivity contribution is 0.328. The number of nitrogens with zero attached hydrogens (tertiary/aromatic N) is 1. The summed E-state index contributed by atoms with van der Waals surface area (Å²) < 4.78 is 0. The minimum atomic E-state index is 0.414. The fraction of sp³-hybridized carbons (Fsp3) is 0.571. The molecule has 0 aliphatic heterocycles. The third kappa shape index (κ3) is 2.56. The average molecular weight is 219 g/mol. The van der Waals surface area contributed by atoms with Crippen molar-refractivity contribution < 1.29 is 5.11 Å². The molecule has 88 valence electrons. The highest BCUT2D eigenvalue weighted by atomic mass is 16.3. The summed E-state index contributed by atoms with van der Waals surface area (Å²) in [5.74, 6) is 0.414. The van der Waals surface area contributed by atoms with Crippen LogP contribution in [0.1, 0.15) is 29.5 Å². The predicted molar refractivity (Wildman–Crippen MR) is 66.9 cm³/mol. The number of aryl methyl sites for hydroxylation is 2. The van der Waals surface area contributed by atoms with Gasteiger partial charge in [-0.15, -0.1) is 0 Å². The monoisotopic (exact) mass is 219 g/mol. The van der Waals surface area contributed by atoms with Gasteiger partial charge in [0.2, 0.25) is 0 Å². The largest absolute Gasteiger partial charge is 0.508 e. The van der Waals surface area contributed by atoms with Crippen LogP contribution in [0.2, 0.25) is 0 Å². The number of hydrogen-bond donors (Lipinski definition) is 1. The summed E-state index contributed by atoms with van der Waals surface area (Å²) in [6.45, 7) is 5.16. The number of benzene rings is 1. The third-order valence-corrected chi connectivity index (χ3v) is 3.56. The van der Waals surface area contributed by atoms with Crippen molar-refractivity contribution in [2.45, 2.75) is 39.2 Å². The number of hydrogen-bond acceptors (Lipinski definition) is 2. The SMILES string of the molecule is Cc1cc(CCN(C)C2CC2)c(C)cc1O. The van der Waals surface area contributed by atoms with E-state index < -0.39 is 0 Å². The van der Waals surface area contributed by atoms with Crippen molar-refractivity contribution in [2.75, 3.05) is 13.6 Å². The fourth-order valence-electron chi connectivity index (χ4n) is 2.12. The van der Waals surface area contributed by atoms with Crippen LogP contribution < -0.4 is 0 Å². The molecule has 16 heavy (non-hydrogen) atoms. The molecule has 1 fully saturated rings. The number of aromatic hydroxyl groups is 1. The maximum Gasteiger partial charge on any atom is 0.118 e. The highest BCUT2D eigenvalue weighted by Gasteiger charge is 2.25. The van der Waals surface area contributed by atoms with Gasteiger partial charge in [-0.25, -0.2) is 0 Å². The van der Waals surface area contributed by atoms with Crippen LogP contribution in [0.3, 0.4) is 0 Å². The molecule has 1 N–H and O–H groups in total. The molecule has 0 saturated heterocycles. The molecule has 1 aliphatic rings. The fourth-order valence-corrected chi connectivity index (χ4v) is 2.12. The second-order valence-electron chi connectivity index (χ2n) is 5.03. The van der Waals surface area contributed by atoms with E-state index in [1.54, 1.807) is 0 Å². The van der Waals surface area contributed by atoms with Crippen molar-refractivity contribution in [2.24, 2.45) is 0 Å². The van der Waals surface area contributed by atoms with Crippen LogP contribution in [0.5, 0.6) is 5.75 Å². The Bertz CT molecular complexity index is 383. The summed E-state index contributed by atoms with van der Waals surface area (Å²) in [5.41, 5.74) is 3.55. The molecule has 2 rings (SSSR count). The van der Waals surface area contributed by atoms with Crippen molar-refractivity contribution in [3.05, 3.63) is 28.8 Å². The van der Waals surface area contributed by atoms with Gasteiger partial charge in [0, 0.05) is 12.6 Å². The molecule has 1 aromatic carbocycles. The zero-order valence-corrected chi connectivity index (χ0v) is 10.5. The van der Waals surface area contributed by atoms with E-state index in [0.717, 1.165) is 24.6 Å². The van der Waals surface area contributed by atoms with Crippen LogP contribution >= 0.6 is 0 Å². The Morgan fingerprint density at radius 1 is 1.25 bits per heavy atom. The second-order valence-corrected chi connectivity index (χ2v) is 5.03. The Kier molecular flexibility index (Phi) is 3.20. The third-order valence-electron chi connectivity index (χ3n) is 3.56. The van der Waals surface area contributed by atoms with Gasteiger partial charge in [0.05, 0.1) is 0 Å². The van der Waals surface area contributed by atoms with Gasteiger partial charge in [-0.05, 0) is 62.9 Å². The number of phenols is 1. The molecule has 0 heterocycles. The lowest BCUT2D eigenvalue weighted by atomic mass is 10.0. The molecular weight excluding hydrogens is 198 g/mol. The molecule has 0 radical (unpaired) electrons. The molecule has 1 aromatic rings. The molecule has 0 amide bonds. The maximum absolute atomic E-state index is 9.59. The molecule has 1 aliphatic carbocycles. The second kappa shape index (κ2) is 4.46. The lowest BCUT2D eigenvalue weighted by Crippen LogP contribution is -2.23. The van der Waals surface area contributed by atoms with Gasteiger partial charge < -0.3 is 10.0 Å². The average Bonchev–Trinajstić information content (AvgIpc) is 3.04. The number of phenolic OH excluding ortho intramolecular Hbond substituents is 1. The van der Waals surface area contributed by atoms with E-state index >= 15 is 0 Å². The molecule has 2 heteroatoms. The smallest absolute Gasteiger partial charge is 0.118 e. The number of likely N-dealkylation sites (N-methyl/N-ethyl adjacent to an activating group) is 1. The van der Waals surface area contributed by atoms with Crippen molar-refractivity contribution in [1.29, 1.82) is 0 Å². The van der Waals surface area contributed by atoms with Gasteiger partial charge >= 0.3 is 0 Å². The summed E-state index contributed by atoms with van der Waals surface area (Å²) >= 11 is 0. The van der Waals surface area contributed by atoms with Gasteiger partial charge in [-0.2, -0.15) is 0 Å². The van der Waals surface area contributed by atoms with E-state index in [-0.39, 0.29) is 0 Å². The maximum atomic E-state index is 9.59.